The Labute approximate surface area is 192 Å². The van der Waals surface area contributed by atoms with Gasteiger partial charge in [0.1, 0.15) is 22.3 Å². The van der Waals surface area contributed by atoms with Crippen LogP contribution < -0.4 is 4.90 Å². The molecule has 0 radical (unpaired) electrons. The molecule has 5 rings (SSSR count). The Kier molecular flexibility index (Phi) is 6.37. The van der Waals surface area contributed by atoms with Crippen LogP contribution in [-0.2, 0) is 17.8 Å². The van der Waals surface area contributed by atoms with E-state index in [1.165, 1.54) is 15.8 Å². The van der Waals surface area contributed by atoms with Crippen molar-refractivity contribution in [2.45, 2.75) is 26.9 Å². The molecular weight excluding hydrogens is 425 g/mol. The number of benzene rings is 1. The minimum atomic E-state index is -0.121. The van der Waals surface area contributed by atoms with Gasteiger partial charge in [0, 0.05) is 56.3 Å². The number of ether oxygens (including phenoxy) is 1. The number of aryl methyl sites for hydroxylation is 2. The van der Waals surface area contributed by atoms with E-state index in [2.05, 4.69) is 28.5 Å². The van der Waals surface area contributed by atoms with Crippen LogP contribution in [0.5, 0.6) is 0 Å². The molecule has 2 fully saturated rings. The molecule has 3 aromatic rings. The Bertz CT molecular complexity index is 1090. The minimum absolute atomic E-state index is 0.121. The predicted octanol–water partition coefficient (Wildman–Crippen LogP) is 3.60. The number of fused-ring (bicyclic) bond motifs is 1. The number of anilines is 1. The molecule has 170 valence electrons. The van der Waals surface area contributed by atoms with Crippen molar-refractivity contribution in [2.24, 2.45) is 0 Å². The van der Waals surface area contributed by atoms with E-state index in [0.717, 1.165) is 81.1 Å². The van der Waals surface area contributed by atoms with E-state index >= 15 is 0 Å². The maximum absolute atomic E-state index is 14.1. The normalized spacial score (nSPS) is 18.5. The lowest BCUT2D eigenvalue weighted by molar-refractivity contribution is 0.0331. The van der Waals surface area contributed by atoms with Crippen molar-refractivity contribution in [3.63, 3.8) is 0 Å². The van der Waals surface area contributed by atoms with Crippen LogP contribution in [0.3, 0.4) is 0 Å². The van der Waals surface area contributed by atoms with Gasteiger partial charge in [-0.2, -0.15) is 0 Å². The summed E-state index contributed by atoms with van der Waals surface area (Å²) in [6.07, 6.45) is 0. The standard InChI is InChI=1S/C24H30FN5OS/c1-17-18(2)32-24-22(17)23(26-21(27-24)16-29-11-13-31-14-12-29)30-9-7-28(8-10-30)15-19-5-3-4-6-20(19)25/h3-6H,7-16H2,1-2H3. The van der Waals surface area contributed by atoms with Gasteiger partial charge >= 0.3 is 0 Å². The van der Waals surface area contributed by atoms with Gasteiger partial charge in [-0.25, -0.2) is 14.4 Å². The van der Waals surface area contributed by atoms with Crippen LogP contribution in [0.4, 0.5) is 10.2 Å². The van der Waals surface area contributed by atoms with Crippen molar-refractivity contribution in [3.05, 3.63) is 51.9 Å². The number of hydrogen-bond acceptors (Lipinski definition) is 7. The number of rotatable bonds is 5. The zero-order chi connectivity index (χ0) is 22.1. The first-order valence-corrected chi connectivity index (χ1v) is 12.2. The van der Waals surface area contributed by atoms with Crippen molar-refractivity contribution in [2.75, 3.05) is 57.4 Å². The van der Waals surface area contributed by atoms with Gasteiger partial charge in [0.15, 0.2) is 0 Å². The summed E-state index contributed by atoms with van der Waals surface area (Å²) < 4.78 is 19.6. The number of piperazine rings is 1. The smallest absolute Gasteiger partial charge is 0.146 e. The van der Waals surface area contributed by atoms with E-state index in [-0.39, 0.29) is 5.82 Å². The fraction of sp³-hybridized carbons (Fsp3) is 0.500. The topological polar surface area (TPSA) is 44.7 Å². The first-order chi connectivity index (χ1) is 15.6. The summed E-state index contributed by atoms with van der Waals surface area (Å²) in [7, 11) is 0. The zero-order valence-corrected chi connectivity index (χ0v) is 19.6. The van der Waals surface area contributed by atoms with Crippen molar-refractivity contribution in [3.8, 4) is 0 Å². The second-order valence-corrected chi connectivity index (χ2v) is 9.87. The van der Waals surface area contributed by atoms with Gasteiger partial charge in [0.05, 0.1) is 25.1 Å². The fourth-order valence-electron chi connectivity index (χ4n) is 4.52. The van der Waals surface area contributed by atoms with Crippen molar-refractivity contribution < 1.29 is 9.13 Å². The summed E-state index contributed by atoms with van der Waals surface area (Å²) in [5, 5.41) is 1.20. The van der Waals surface area contributed by atoms with Crippen LogP contribution in [0.15, 0.2) is 24.3 Å². The molecule has 4 heterocycles. The van der Waals surface area contributed by atoms with Gasteiger partial charge in [-0.05, 0) is 25.5 Å². The average Bonchev–Trinajstić information content (AvgIpc) is 3.09. The number of hydrogen-bond donors (Lipinski definition) is 0. The van der Waals surface area contributed by atoms with E-state index < -0.39 is 0 Å². The second-order valence-electron chi connectivity index (χ2n) is 8.67. The number of morpholine rings is 1. The molecule has 0 N–H and O–H groups in total. The molecule has 0 spiro atoms. The highest BCUT2D eigenvalue weighted by molar-refractivity contribution is 7.18. The number of thiophene rings is 1. The molecule has 0 bridgehead atoms. The maximum Gasteiger partial charge on any atom is 0.146 e. The molecule has 2 aliphatic heterocycles. The number of nitrogens with zero attached hydrogens (tertiary/aromatic N) is 5. The van der Waals surface area contributed by atoms with Gasteiger partial charge in [-0.15, -0.1) is 11.3 Å². The molecule has 2 aliphatic rings. The molecule has 32 heavy (non-hydrogen) atoms. The van der Waals surface area contributed by atoms with Crippen molar-refractivity contribution in [1.82, 2.24) is 19.8 Å². The van der Waals surface area contributed by atoms with Crippen LogP contribution in [-0.4, -0.2) is 72.3 Å². The third kappa shape index (κ3) is 4.50. The second kappa shape index (κ2) is 9.39. The van der Waals surface area contributed by atoms with Crippen LogP contribution in [0.1, 0.15) is 21.8 Å². The molecule has 0 unspecified atom stereocenters. The maximum atomic E-state index is 14.1. The third-order valence-electron chi connectivity index (χ3n) is 6.55. The lowest BCUT2D eigenvalue weighted by Crippen LogP contribution is -2.46. The lowest BCUT2D eigenvalue weighted by Gasteiger charge is -2.36. The summed E-state index contributed by atoms with van der Waals surface area (Å²) >= 11 is 1.76. The monoisotopic (exact) mass is 455 g/mol. The molecular formula is C24H30FN5OS. The fourth-order valence-corrected chi connectivity index (χ4v) is 5.56. The van der Waals surface area contributed by atoms with Crippen LogP contribution >= 0.6 is 11.3 Å². The van der Waals surface area contributed by atoms with Crippen molar-refractivity contribution >= 4 is 27.4 Å². The molecule has 6 nitrogen and oxygen atoms in total. The van der Waals surface area contributed by atoms with Gasteiger partial charge in [-0.1, -0.05) is 18.2 Å². The lowest BCUT2D eigenvalue weighted by atomic mass is 10.1. The highest BCUT2D eigenvalue weighted by atomic mass is 32.1. The molecule has 8 heteroatoms. The molecule has 0 aliphatic carbocycles. The van der Waals surface area contributed by atoms with Crippen molar-refractivity contribution in [1.29, 1.82) is 0 Å². The highest BCUT2D eigenvalue weighted by Crippen LogP contribution is 2.35. The third-order valence-corrected chi connectivity index (χ3v) is 7.65. The summed E-state index contributed by atoms with van der Waals surface area (Å²) in [5.74, 6) is 1.83. The van der Waals surface area contributed by atoms with E-state index in [4.69, 9.17) is 14.7 Å². The Morgan fingerprint density at radius 2 is 1.66 bits per heavy atom. The molecule has 2 saturated heterocycles. The van der Waals surface area contributed by atoms with Crippen LogP contribution in [0.25, 0.3) is 10.2 Å². The molecule has 0 amide bonds. The van der Waals surface area contributed by atoms with Gasteiger partial charge in [0.25, 0.3) is 0 Å². The summed E-state index contributed by atoms with van der Waals surface area (Å²) in [6, 6.07) is 7.08. The van der Waals surface area contributed by atoms with E-state index in [1.807, 2.05) is 12.1 Å². The molecule has 0 saturated carbocycles. The molecule has 1 aromatic carbocycles. The van der Waals surface area contributed by atoms with Gasteiger partial charge in [0.2, 0.25) is 0 Å². The average molecular weight is 456 g/mol. The van der Waals surface area contributed by atoms with Gasteiger partial charge in [-0.3, -0.25) is 9.80 Å². The highest BCUT2D eigenvalue weighted by Gasteiger charge is 2.24. The van der Waals surface area contributed by atoms with E-state index in [1.54, 1.807) is 23.5 Å². The molecule has 0 atom stereocenters. The first-order valence-electron chi connectivity index (χ1n) is 11.4. The Hall–Kier alpha value is -2.13. The number of halogens is 1. The van der Waals surface area contributed by atoms with E-state index in [9.17, 15) is 4.39 Å². The Morgan fingerprint density at radius 1 is 0.938 bits per heavy atom. The first kappa shape index (κ1) is 21.7. The van der Waals surface area contributed by atoms with Crippen LogP contribution in [0, 0.1) is 19.7 Å². The van der Waals surface area contributed by atoms with E-state index in [0.29, 0.717) is 6.54 Å². The minimum Gasteiger partial charge on any atom is -0.379 e. The molecule has 2 aromatic heterocycles. The summed E-state index contributed by atoms with van der Waals surface area (Å²) in [4.78, 5) is 19.5. The summed E-state index contributed by atoms with van der Waals surface area (Å²) in [6.45, 7) is 12.7. The Balaban J connectivity index is 1.36. The SMILES string of the molecule is Cc1sc2nc(CN3CCOCC3)nc(N3CCN(Cc4ccccc4F)CC3)c2c1C. The quantitative estimate of drug-likeness (QED) is 0.586. The van der Waals surface area contributed by atoms with Gasteiger partial charge < -0.3 is 9.64 Å². The zero-order valence-electron chi connectivity index (χ0n) is 18.8. The number of aromatic nitrogens is 2. The van der Waals surface area contributed by atoms with Crippen LogP contribution in [0.2, 0.25) is 0 Å². The Morgan fingerprint density at radius 3 is 2.41 bits per heavy atom. The predicted molar refractivity (Wildman–Crippen MR) is 127 cm³/mol. The largest absolute Gasteiger partial charge is 0.379 e. The summed E-state index contributed by atoms with van der Waals surface area (Å²) in [5.41, 5.74) is 2.05.